The Kier molecular flexibility index (Phi) is 3.80. The predicted octanol–water partition coefficient (Wildman–Crippen LogP) is 5.22. The van der Waals surface area contributed by atoms with E-state index in [1.807, 2.05) is 12.1 Å². The molecule has 0 aliphatic heterocycles. The maximum absolute atomic E-state index is 6.32. The molecule has 0 heterocycles. The maximum atomic E-state index is 6.32. The lowest BCUT2D eigenvalue weighted by molar-refractivity contribution is 0.414. The van der Waals surface area contributed by atoms with E-state index in [1.165, 1.54) is 33.2 Å². The summed E-state index contributed by atoms with van der Waals surface area (Å²) >= 11 is 0. The summed E-state index contributed by atoms with van der Waals surface area (Å²) in [6.07, 6.45) is 0.930. The number of fused-ring (bicyclic) bond motifs is 3. The molecule has 4 heteroatoms. The fraction of sp³-hybridized carbons (Fsp3) is 0.294. The molecule has 0 saturated heterocycles. The Balaban J connectivity index is 2.32. The van der Waals surface area contributed by atoms with Gasteiger partial charge >= 0.3 is 0 Å². The molecule has 1 aliphatic carbocycles. The van der Waals surface area contributed by atoms with Crippen LogP contribution in [0.4, 0.5) is 0 Å². The molecule has 0 saturated carbocycles. The number of hydrogen-bond donors (Lipinski definition) is 0. The van der Waals surface area contributed by atoms with Gasteiger partial charge in [0.2, 0.25) is 0 Å². The Labute approximate surface area is 133 Å². The molecular weight excluding hydrogens is 304 g/mol. The lowest BCUT2D eigenvalue weighted by Gasteiger charge is -2.27. The number of ether oxygens (including phenoxy) is 2. The lowest BCUT2D eigenvalue weighted by Crippen LogP contribution is -2.17. The van der Waals surface area contributed by atoms with Crippen molar-refractivity contribution in [2.24, 2.45) is 0 Å². The van der Waals surface area contributed by atoms with Gasteiger partial charge in [-0.1, -0.05) is 19.1 Å². The largest absolute Gasteiger partial charge is 0.497 e. The Bertz CT molecular complexity index is 625. The summed E-state index contributed by atoms with van der Waals surface area (Å²) in [7, 11) is 11.1. The minimum absolute atomic E-state index is 0.204. The first kappa shape index (κ1) is 14.6. The van der Waals surface area contributed by atoms with Crippen molar-refractivity contribution in [3.63, 3.8) is 0 Å². The summed E-state index contributed by atoms with van der Waals surface area (Å²) in [6, 6.07) is 12.4. The van der Waals surface area contributed by atoms with E-state index in [2.05, 4.69) is 31.2 Å². The fourth-order valence-corrected chi connectivity index (χ4v) is 4.57. The van der Waals surface area contributed by atoms with Crippen LogP contribution in [0.25, 0.3) is 11.1 Å². The van der Waals surface area contributed by atoms with Crippen molar-refractivity contribution in [2.45, 2.75) is 18.1 Å². The van der Waals surface area contributed by atoms with Gasteiger partial charge in [0, 0.05) is 0 Å². The standard InChI is InChI=1S/C17H17ClO2S/c1-4-17(21-18)15-7-5-11(19-2)9-13(15)14-10-12(20-3)6-8-16(14)17/h5-10H,4H2,1-3H3. The topological polar surface area (TPSA) is 18.5 Å². The van der Waals surface area contributed by atoms with Gasteiger partial charge in [-0.25, -0.2) is 0 Å². The van der Waals surface area contributed by atoms with E-state index in [1.54, 1.807) is 14.2 Å². The summed E-state index contributed by atoms with van der Waals surface area (Å²) in [5, 5.41) is 0. The summed E-state index contributed by atoms with van der Waals surface area (Å²) in [6.45, 7) is 2.17. The fourth-order valence-electron chi connectivity index (χ4n) is 3.11. The molecule has 2 nitrogen and oxygen atoms in total. The van der Waals surface area contributed by atoms with Crippen LogP contribution in [0.5, 0.6) is 11.5 Å². The summed E-state index contributed by atoms with van der Waals surface area (Å²) in [5.41, 5.74) is 4.85. The quantitative estimate of drug-likeness (QED) is 0.769. The van der Waals surface area contributed by atoms with E-state index in [-0.39, 0.29) is 4.75 Å². The van der Waals surface area contributed by atoms with Crippen molar-refractivity contribution in [3.8, 4) is 22.6 Å². The summed E-state index contributed by atoms with van der Waals surface area (Å²) < 4.78 is 10.5. The molecule has 1 aliphatic rings. The summed E-state index contributed by atoms with van der Waals surface area (Å²) in [4.78, 5) is 0. The zero-order chi connectivity index (χ0) is 15.0. The second-order valence-electron chi connectivity index (χ2n) is 5.08. The molecule has 0 radical (unpaired) electrons. The van der Waals surface area contributed by atoms with Crippen molar-refractivity contribution in [1.82, 2.24) is 0 Å². The van der Waals surface area contributed by atoms with Crippen LogP contribution in [0.2, 0.25) is 0 Å². The third-order valence-corrected chi connectivity index (χ3v) is 6.03. The molecule has 0 unspecified atom stereocenters. The second-order valence-corrected chi connectivity index (χ2v) is 6.39. The van der Waals surface area contributed by atoms with Gasteiger partial charge < -0.3 is 9.47 Å². The Morgan fingerprint density at radius 2 is 1.43 bits per heavy atom. The van der Waals surface area contributed by atoms with Crippen LogP contribution in [0.15, 0.2) is 36.4 Å². The normalized spacial score (nSPS) is 14.5. The molecule has 0 bridgehead atoms. The minimum atomic E-state index is -0.204. The molecule has 0 N–H and O–H groups in total. The third kappa shape index (κ3) is 2.02. The van der Waals surface area contributed by atoms with E-state index in [4.69, 9.17) is 20.2 Å². The first-order chi connectivity index (χ1) is 10.2. The van der Waals surface area contributed by atoms with Gasteiger partial charge in [0.25, 0.3) is 0 Å². The zero-order valence-electron chi connectivity index (χ0n) is 12.3. The number of benzene rings is 2. The van der Waals surface area contributed by atoms with Crippen LogP contribution in [-0.2, 0) is 4.75 Å². The Morgan fingerprint density at radius 3 is 1.76 bits per heavy atom. The first-order valence-corrected chi connectivity index (χ1v) is 8.51. The summed E-state index contributed by atoms with van der Waals surface area (Å²) in [5.74, 6) is 1.71. The molecular formula is C17H17ClO2S. The van der Waals surface area contributed by atoms with Crippen LogP contribution in [-0.4, -0.2) is 14.2 Å². The number of halogens is 1. The van der Waals surface area contributed by atoms with Crippen LogP contribution in [0.1, 0.15) is 24.5 Å². The van der Waals surface area contributed by atoms with Crippen molar-refractivity contribution in [1.29, 1.82) is 0 Å². The van der Waals surface area contributed by atoms with E-state index < -0.39 is 0 Å². The van der Waals surface area contributed by atoms with Crippen molar-refractivity contribution >= 4 is 21.7 Å². The van der Waals surface area contributed by atoms with Gasteiger partial charge in [-0.3, -0.25) is 0 Å². The molecule has 0 spiro atoms. The smallest absolute Gasteiger partial charge is 0.119 e. The molecule has 0 atom stereocenters. The molecule has 0 fully saturated rings. The SMILES string of the molecule is CCC1(SCl)c2ccc(OC)cc2-c2cc(OC)ccc21. The minimum Gasteiger partial charge on any atom is -0.497 e. The highest BCUT2D eigenvalue weighted by Crippen LogP contribution is 2.58. The van der Waals surface area contributed by atoms with Gasteiger partial charge in [0.05, 0.1) is 19.0 Å². The highest BCUT2D eigenvalue weighted by atomic mass is 35.7. The lowest BCUT2D eigenvalue weighted by atomic mass is 9.93. The van der Waals surface area contributed by atoms with Crippen molar-refractivity contribution in [3.05, 3.63) is 47.5 Å². The molecule has 2 aromatic carbocycles. The van der Waals surface area contributed by atoms with Crippen molar-refractivity contribution < 1.29 is 9.47 Å². The Hall–Kier alpha value is -1.32. The van der Waals surface area contributed by atoms with E-state index in [9.17, 15) is 0 Å². The molecule has 2 aromatic rings. The van der Waals surface area contributed by atoms with E-state index in [0.29, 0.717) is 0 Å². The van der Waals surface area contributed by atoms with Crippen LogP contribution >= 0.6 is 21.7 Å². The third-order valence-electron chi connectivity index (χ3n) is 4.24. The van der Waals surface area contributed by atoms with Gasteiger partial charge in [-0.05, 0) is 74.6 Å². The zero-order valence-corrected chi connectivity index (χ0v) is 13.8. The molecule has 3 rings (SSSR count). The molecule has 0 amide bonds. The second kappa shape index (κ2) is 5.47. The monoisotopic (exact) mass is 320 g/mol. The van der Waals surface area contributed by atoms with Gasteiger partial charge in [0.15, 0.2) is 0 Å². The highest BCUT2D eigenvalue weighted by molar-refractivity contribution is 8.22. The molecule has 21 heavy (non-hydrogen) atoms. The number of hydrogen-bond acceptors (Lipinski definition) is 3. The number of methoxy groups -OCH3 is 2. The van der Waals surface area contributed by atoms with Gasteiger partial charge in [-0.15, -0.1) is 0 Å². The van der Waals surface area contributed by atoms with Crippen LogP contribution in [0, 0.1) is 0 Å². The van der Waals surface area contributed by atoms with Crippen LogP contribution in [0.3, 0.4) is 0 Å². The van der Waals surface area contributed by atoms with Crippen LogP contribution < -0.4 is 9.47 Å². The highest BCUT2D eigenvalue weighted by Gasteiger charge is 2.42. The van der Waals surface area contributed by atoms with Crippen molar-refractivity contribution in [2.75, 3.05) is 14.2 Å². The van der Waals surface area contributed by atoms with Gasteiger partial charge in [-0.2, -0.15) is 0 Å². The first-order valence-electron chi connectivity index (χ1n) is 6.87. The average Bonchev–Trinajstić information content (AvgIpc) is 2.83. The molecule has 110 valence electrons. The van der Waals surface area contributed by atoms with Gasteiger partial charge in [0.1, 0.15) is 11.5 Å². The average molecular weight is 321 g/mol. The van der Waals surface area contributed by atoms with E-state index in [0.717, 1.165) is 17.9 Å². The maximum Gasteiger partial charge on any atom is 0.119 e. The molecule has 0 aromatic heterocycles. The Morgan fingerprint density at radius 1 is 0.952 bits per heavy atom. The number of rotatable bonds is 4. The predicted molar refractivity (Wildman–Crippen MR) is 89.5 cm³/mol. The van der Waals surface area contributed by atoms with E-state index >= 15 is 0 Å².